The normalized spacial score (nSPS) is 12.1. The van der Waals surface area contributed by atoms with E-state index in [1.807, 2.05) is 0 Å². The summed E-state index contributed by atoms with van der Waals surface area (Å²) in [5, 5.41) is 2.32. The molecular formula is C44H29N3. The van der Waals surface area contributed by atoms with Gasteiger partial charge in [0.15, 0.2) is 0 Å². The predicted octanol–water partition coefficient (Wildman–Crippen LogP) is 11.0. The van der Waals surface area contributed by atoms with Crippen molar-refractivity contribution in [1.29, 1.82) is 0 Å². The monoisotopic (exact) mass is 599 g/mol. The van der Waals surface area contributed by atoms with Crippen LogP contribution in [0, 0.1) is 10.4 Å². The molecule has 3 nitrogen and oxygen atoms in total. The molecule has 0 saturated heterocycles. The number of H-pyrrole nitrogens is 1. The fraction of sp³-hybridized carbons (Fsp3) is 0. The summed E-state index contributed by atoms with van der Waals surface area (Å²) in [6.45, 7) is 0. The molecule has 0 spiro atoms. The Labute approximate surface area is 272 Å². The maximum Gasteiger partial charge on any atom is 0.0737 e. The van der Waals surface area contributed by atoms with E-state index in [4.69, 9.17) is 9.97 Å². The molecule has 4 aromatic carbocycles. The van der Waals surface area contributed by atoms with Gasteiger partial charge in [0.25, 0.3) is 0 Å². The summed E-state index contributed by atoms with van der Waals surface area (Å²) in [4.78, 5) is 14.6. The Morgan fingerprint density at radius 3 is 0.915 bits per heavy atom. The zero-order chi connectivity index (χ0) is 31.2. The quantitative estimate of drug-likeness (QED) is 0.219. The summed E-state index contributed by atoms with van der Waals surface area (Å²) in [5.74, 6) is 0. The first-order chi connectivity index (χ1) is 23.3. The zero-order valence-corrected chi connectivity index (χ0v) is 25.6. The summed E-state index contributed by atoms with van der Waals surface area (Å²) in [6, 6.07) is 51.1. The smallest absolute Gasteiger partial charge is 0.0737 e. The molecule has 47 heavy (non-hydrogen) atoms. The summed E-state index contributed by atoms with van der Waals surface area (Å²) in [6.07, 6.45) is 8.64. The van der Waals surface area contributed by atoms with Gasteiger partial charge in [0.2, 0.25) is 0 Å². The standard InChI is InChI=1S/C44H29N3/c1-5-13-29(14-6-1)41-33-21-22-34(33)42(30-15-7-2-8-16-30)36-24-26-38(46-36)44(32-19-11-4-12-20-32)40-28-27-39(47-40)43(31-17-9-3-10-18-31)37-25-23-35(41)45-37/h1-28,47H. The highest BCUT2D eigenvalue weighted by Gasteiger charge is 2.19. The van der Waals surface area contributed by atoms with E-state index in [-0.39, 0.29) is 0 Å². The third-order valence-corrected chi connectivity index (χ3v) is 9.02. The van der Waals surface area contributed by atoms with Crippen LogP contribution in [0.2, 0.25) is 0 Å². The number of hydrogen-bond donors (Lipinski definition) is 1. The Bertz CT molecular complexity index is 2350. The number of aromatic nitrogens is 3. The van der Waals surface area contributed by atoms with E-state index in [1.165, 1.54) is 0 Å². The Balaban J connectivity index is 1.53. The molecule has 0 amide bonds. The van der Waals surface area contributed by atoms with Crippen LogP contribution in [0.1, 0.15) is 22.8 Å². The second-order valence-electron chi connectivity index (χ2n) is 11.8. The average Bonchev–Trinajstić information content (AvgIpc) is 3.90. The fourth-order valence-electron chi connectivity index (χ4n) is 6.84. The van der Waals surface area contributed by atoms with Crippen LogP contribution in [0.4, 0.5) is 0 Å². The second-order valence-corrected chi connectivity index (χ2v) is 11.8. The molecule has 220 valence electrons. The van der Waals surface area contributed by atoms with Gasteiger partial charge in [-0.25, -0.2) is 9.97 Å². The van der Waals surface area contributed by atoms with E-state index in [0.717, 1.165) is 88.8 Å². The molecule has 0 atom stereocenters. The van der Waals surface area contributed by atoms with Gasteiger partial charge in [0.1, 0.15) is 0 Å². The van der Waals surface area contributed by atoms with Crippen LogP contribution in [0.15, 0.2) is 146 Å². The highest BCUT2D eigenvalue weighted by atomic mass is 14.8. The lowest BCUT2D eigenvalue weighted by Crippen LogP contribution is -1.93. The summed E-state index contributed by atoms with van der Waals surface area (Å²) < 4.78 is 0. The largest absolute Gasteiger partial charge is 0.354 e. The van der Waals surface area contributed by atoms with Gasteiger partial charge in [-0.3, -0.25) is 0 Å². The molecule has 0 saturated carbocycles. The fourth-order valence-corrected chi connectivity index (χ4v) is 6.84. The van der Waals surface area contributed by atoms with Gasteiger partial charge >= 0.3 is 0 Å². The molecule has 0 unspecified atom stereocenters. The van der Waals surface area contributed by atoms with E-state index in [1.54, 1.807) is 0 Å². The highest BCUT2D eigenvalue weighted by molar-refractivity contribution is 5.96. The molecular weight excluding hydrogens is 571 g/mol. The highest BCUT2D eigenvalue weighted by Crippen LogP contribution is 2.38. The third-order valence-electron chi connectivity index (χ3n) is 9.02. The van der Waals surface area contributed by atoms with Crippen LogP contribution in [-0.4, -0.2) is 15.0 Å². The summed E-state index contributed by atoms with van der Waals surface area (Å²) in [5.41, 5.74) is 14.6. The van der Waals surface area contributed by atoms with E-state index in [2.05, 4.69) is 175 Å². The van der Waals surface area contributed by atoms with E-state index in [9.17, 15) is 0 Å². The Morgan fingerprint density at radius 2 is 0.596 bits per heavy atom. The number of aromatic amines is 1. The van der Waals surface area contributed by atoms with Gasteiger partial charge in [0.05, 0.1) is 22.8 Å². The van der Waals surface area contributed by atoms with Gasteiger partial charge in [-0.1, -0.05) is 133 Å². The van der Waals surface area contributed by atoms with E-state index in [0.29, 0.717) is 0 Å². The van der Waals surface area contributed by atoms with Crippen molar-refractivity contribution in [3.8, 4) is 44.5 Å². The van der Waals surface area contributed by atoms with Crippen molar-refractivity contribution >= 4 is 35.3 Å². The minimum atomic E-state index is 0.926. The number of nitrogens with one attached hydrogen (secondary N) is 1. The number of nitrogens with zero attached hydrogens (tertiary/aromatic N) is 2. The molecule has 9 rings (SSSR count). The predicted molar refractivity (Wildman–Crippen MR) is 195 cm³/mol. The lowest BCUT2D eigenvalue weighted by atomic mass is 9.93. The molecule has 4 aliphatic rings. The van der Waals surface area contributed by atoms with Gasteiger partial charge < -0.3 is 4.98 Å². The van der Waals surface area contributed by atoms with E-state index >= 15 is 0 Å². The molecule has 3 aliphatic heterocycles. The Kier molecular flexibility index (Phi) is 6.46. The minimum Gasteiger partial charge on any atom is -0.354 e. The van der Waals surface area contributed by atoms with Gasteiger partial charge in [-0.2, -0.15) is 0 Å². The molecule has 1 aliphatic carbocycles. The van der Waals surface area contributed by atoms with Gasteiger partial charge in [0, 0.05) is 33.3 Å². The summed E-state index contributed by atoms with van der Waals surface area (Å²) in [7, 11) is 0. The second kappa shape index (κ2) is 11.2. The number of hydrogen-bond acceptors (Lipinski definition) is 2. The zero-order valence-electron chi connectivity index (χ0n) is 25.6. The first-order valence-corrected chi connectivity index (χ1v) is 15.9. The Morgan fingerprint density at radius 1 is 0.298 bits per heavy atom. The van der Waals surface area contributed by atoms with Crippen molar-refractivity contribution in [2.75, 3.05) is 0 Å². The molecule has 3 heteroatoms. The molecule has 1 N–H and O–H groups in total. The molecule has 0 radical (unpaired) electrons. The first kappa shape index (κ1) is 27.0. The lowest BCUT2D eigenvalue weighted by Gasteiger charge is -2.11. The first-order valence-electron chi connectivity index (χ1n) is 15.9. The van der Waals surface area contributed by atoms with Crippen LogP contribution in [0.5, 0.6) is 0 Å². The van der Waals surface area contributed by atoms with Crippen molar-refractivity contribution < 1.29 is 0 Å². The Hall–Kier alpha value is -6.32. The number of rotatable bonds is 4. The molecule has 5 aromatic rings. The van der Waals surface area contributed by atoms with Crippen molar-refractivity contribution in [3.05, 3.63) is 179 Å². The van der Waals surface area contributed by atoms with Crippen LogP contribution < -0.4 is 0 Å². The molecule has 6 bridgehead atoms. The summed E-state index contributed by atoms with van der Waals surface area (Å²) >= 11 is 0. The maximum absolute atomic E-state index is 5.38. The van der Waals surface area contributed by atoms with Crippen LogP contribution >= 0.6 is 0 Å². The van der Waals surface area contributed by atoms with Crippen molar-refractivity contribution in [1.82, 2.24) is 15.0 Å². The van der Waals surface area contributed by atoms with Gasteiger partial charge in [-0.05, 0) is 69.1 Å². The lowest BCUT2D eigenvalue weighted by molar-refractivity contribution is 1.29. The minimum absolute atomic E-state index is 0.926. The van der Waals surface area contributed by atoms with Crippen LogP contribution in [0.3, 0.4) is 0 Å². The maximum atomic E-state index is 5.38. The number of benzene rings is 4. The third kappa shape index (κ3) is 4.68. The van der Waals surface area contributed by atoms with Crippen LogP contribution in [-0.2, 0) is 0 Å². The number of fused-ring (bicyclic) bond motifs is 6. The average molecular weight is 600 g/mol. The van der Waals surface area contributed by atoms with Gasteiger partial charge in [-0.15, -0.1) is 0 Å². The molecule has 0 fully saturated rings. The SMILES string of the molecule is C1=Cc2nc1c(-c1ccccc1)c1ccc=1c(-c1ccccc1)c1nc(c(-c3ccccc3)c3ccc([nH]3)c2-c2ccccc2)C=C1. The molecule has 4 heterocycles. The van der Waals surface area contributed by atoms with Crippen molar-refractivity contribution in [2.45, 2.75) is 0 Å². The van der Waals surface area contributed by atoms with Crippen molar-refractivity contribution in [2.24, 2.45) is 0 Å². The van der Waals surface area contributed by atoms with Crippen LogP contribution in [0.25, 0.3) is 79.8 Å². The molecule has 1 aromatic heterocycles. The van der Waals surface area contributed by atoms with Crippen molar-refractivity contribution in [3.63, 3.8) is 0 Å². The van der Waals surface area contributed by atoms with E-state index < -0.39 is 0 Å². The topological polar surface area (TPSA) is 41.6 Å².